The number of thiazole rings is 1. The Kier molecular flexibility index (Phi) is 3.11. The SMILES string of the molecule is Cc1ccc2nc(SC3CCS(=O)(=O)C3)sc2c1. The van der Waals surface area contributed by atoms with E-state index in [1.165, 1.54) is 10.3 Å². The Morgan fingerprint density at radius 1 is 1.44 bits per heavy atom. The van der Waals surface area contributed by atoms with Crippen molar-refractivity contribution in [2.45, 2.75) is 22.9 Å². The average Bonchev–Trinajstić information content (AvgIpc) is 2.81. The maximum atomic E-state index is 11.4. The number of nitrogens with zero attached hydrogens (tertiary/aromatic N) is 1. The fourth-order valence-electron chi connectivity index (χ4n) is 2.06. The molecule has 2 heterocycles. The molecule has 1 aliphatic heterocycles. The van der Waals surface area contributed by atoms with Gasteiger partial charge in [-0.2, -0.15) is 0 Å². The van der Waals surface area contributed by atoms with Crippen molar-refractivity contribution in [3.63, 3.8) is 0 Å². The van der Waals surface area contributed by atoms with E-state index >= 15 is 0 Å². The molecule has 0 N–H and O–H groups in total. The maximum Gasteiger partial charge on any atom is 0.151 e. The van der Waals surface area contributed by atoms with E-state index in [1.807, 2.05) is 6.07 Å². The standard InChI is InChI=1S/C12H13NO2S3/c1-8-2-3-10-11(6-8)17-12(13-10)16-9-4-5-18(14,15)7-9/h2-3,6,9H,4-5,7H2,1H3. The third kappa shape index (κ3) is 2.55. The van der Waals surface area contributed by atoms with Crippen molar-refractivity contribution in [3.8, 4) is 0 Å². The van der Waals surface area contributed by atoms with E-state index in [9.17, 15) is 8.42 Å². The van der Waals surface area contributed by atoms with Crippen molar-refractivity contribution < 1.29 is 8.42 Å². The second kappa shape index (κ2) is 4.51. The Balaban J connectivity index is 1.83. The summed E-state index contributed by atoms with van der Waals surface area (Å²) in [5.41, 5.74) is 2.24. The van der Waals surface area contributed by atoms with Gasteiger partial charge in [0.1, 0.15) is 0 Å². The predicted octanol–water partition coefficient (Wildman–Crippen LogP) is 2.88. The third-order valence-corrected chi connectivity index (χ3v) is 7.34. The third-order valence-electron chi connectivity index (χ3n) is 2.98. The highest BCUT2D eigenvalue weighted by Crippen LogP contribution is 2.36. The van der Waals surface area contributed by atoms with Gasteiger partial charge < -0.3 is 0 Å². The van der Waals surface area contributed by atoms with Crippen molar-refractivity contribution >= 4 is 43.2 Å². The van der Waals surface area contributed by atoms with Gasteiger partial charge in [-0.1, -0.05) is 17.8 Å². The van der Waals surface area contributed by atoms with Crippen LogP contribution >= 0.6 is 23.1 Å². The van der Waals surface area contributed by atoms with Crippen LogP contribution in [-0.4, -0.2) is 30.2 Å². The van der Waals surface area contributed by atoms with Crippen LogP contribution in [0, 0.1) is 6.92 Å². The van der Waals surface area contributed by atoms with E-state index in [4.69, 9.17) is 0 Å². The Morgan fingerprint density at radius 3 is 3.00 bits per heavy atom. The van der Waals surface area contributed by atoms with Gasteiger partial charge in [-0.3, -0.25) is 0 Å². The lowest BCUT2D eigenvalue weighted by atomic mass is 10.2. The molecule has 1 atom stereocenters. The maximum absolute atomic E-state index is 11.4. The van der Waals surface area contributed by atoms with Gasteiger partial charge in [-0.05, 0) is 31.0 Å². The van der Waals surface area contributed by atoms with Crippen LogP contribution in [0.3, 0.4) is 0 Å². The van der Waals surface area contributed by atoms with E-state index in [2.05, 4.69) is 24.0 Å². The molecule has 0 saturated carbocycles. The Morgan fingerprint density at radius 2 is 2.28 bits per heavy atom. The zero-order valence-electron chi connectivity index (χ0n) is 9.92. The second-order valence-corrected chi connectivity index (χ2v) is 9.40. The Hall–Kier alpha value is -0.590. The number of benzene rings is 1. The van der Waals surface area contributed by atoms with E-state index in [1.54, 1.807) is 23.1 Å². The van der Waals surface area contributed by atoms with Crippen LogP contribution in [0.1, 0.15) is 12.0 Å². The summed E-state index contributed by atoms with van der Waals surface area (Å²) in [6.07, 6.45) is 0.752. The molecule has 2 aromatic rings. The van der Waals surface area contributed by atoms with Crippen molar-refractivity contribution in [1.29, 1.82) is 0 Å². The van der Waals surface area contributed by atoms with Crippen LogP contribution in [0.15, 0.2) is 22.5 Å². The van der Waals surface area contributed by atoms with Crippen LogP contribution in [-0.2, 0) is 9.84 Å². The molecule has 1 fully saturated rings. The zero-order valence-corrected chi connectivity index (χ0v) is 12.4. The minimum absolute atomic E-state index is 0.177. The first kappa shape index (κ1) is 12.4. The summed E-state index contributed by atoms with van der Waals surface area (Å²) in [7, 11) is -2.80. The number of aryl methyl sites for hydroxylation is 1. The van der Waals surface area contributed by atoms with E-state index in [-0.39, 0.29) is 5.25 Å². The summed E-state index contributed by atoms with van der Waals surface area (Å²) < 4.78 is 25.0. The molecule has 1 aromatic carbocycles. The molecule has 1 saturated heterocycles. The predicted molar refractivity (Wildman–Crippen MR) is 77.3 cm³/mol. The lowest BCUT2D eigenvalue weighted by Gasteiger charge is -2.02. The van der Waals surface area contributed by atoms with Crippen molar-refractivity contribution in [3.05, 3.63) is 23.8 Å². The molecular formula is C12H13NO2S3. The second-order valence-electron chi connectivity index (χ2n) is 4.59. The fraction of sp³-hybridized carbons (Fsp3) is 0.417. The first-order chi connectivity index (χ1) is 8.52. The van der Waals surface area contributed by atoms with E-state index < -0.39 is 9.84 Å². The molecule has 0 aliphatic carbocycles. The molecule has 96 valence electrons. The largest absolute Gasteiger partial charge is 0.230 e. The number of thioether (sulfide) groups is 1. The number of sulfone groups is 1. The average molecular weight is 299 g/mol. The summed E-state index contributed by atoms with van der Waals surface area (Å²) in [5, 5.41) is 0.177. The quantitative estimate of drug-likeness (QED) is 0.855. The van der Waals surface area contributed by atoms with Crippen molar-refractivity contribution in [2.75, 3.05) is 11.5 Å². The smallest absolute Gasteiger partial charge is 0.151 e. The number of aromatic nitrogens is 1. The lowest BCUT2D eigenvalue weighted by molar-refractivity contribution is 0.602. The normalized spacial score (nSPS) is 22.6. The van der Waals surface area contributed by atoms with Crippen LogP contribution in [0.4, 0.5) is 0 Å². The summed E-state index contributed by atoms with van der Waals surface area (Å²) in [4.78, 5) is 4.55. The Labute approximate surface area is 115 Å². The highest BCUT2D eigenvalue weighted by Gasteiger charge is 2.29. The molecule has 3 rings (SSSR count). The molecule has 0 radical (unpaired) electrons. The molecule has 6 heteroatoms. The van der Waals surface area contributed by atoms with Crippen molar-refractivity contribution in [1.82, 2.24) is 4.98 Å². The zero-order chi connectivity index (χ0) is 12.8. The topological polar surface area (TPSA) is 47.0 Å². The Bertz CT molecular complexity index is 690. The van der Waals surface area contributed by atoms with Crippen LogP contribution in [0.5, 0.6) is 0 Å². The lowest BCUT2D eigenvalue weighted by Crippen LogP contribution is -2.05. The first-order valence-electron chi connectivity index (χ1n) is 5.76. The highest BCUT2D eigenvalue weighted by molar-refractivity contribution is 8.03. The van der Waals surface area contributed by atoms with Crippen LogP contribution < -0.4 is 0 Å². The minimum atomic E-state index is -2.80. The molecule has 1 unspecified atom stereocenters. The van der Waals surface area contributed by atoms with Gasteiger partial charge in [0.15, 0.2) is 14.2 Å². The summed E-state index contributed by atoms with van der Waals surface area (Å²) in [6, 6.07) is 6.20. The van der Waals surface area contributed by atoms with Crippen molar-refractivity contribution in [2.24, 2.45) is 0 Å². The van der Waals surface area contributed by atoms with E-state index in [0.29, 0.717) is 11.5 Å². The van der Waals surface area contributed by atoms with Gasteiger partial charge in [0.05, 0.1) is 21.7 Å². The summed E-state index contributed by atoms with van der Waals surface area (Å²) in [5.74, 6) is 0.626. The van der Waals surface area contributed by atoms with Gasteiger partial charge >= 0.3 is 0 Å². The highest BCUT2D eigenvalue weighted by atomic mass is 32.2. The van der Waals surface area contributed by atoms with Gasteiger partial charge in [-0.15, -0.1) is 11.3 Å². The molecule has 0 spiro atoms. The molecule has 3 nitrogen and oxygen atoms in total. The molecule has 0 bridgehead atoms. The molecule has 0 amide bonds. The monoisotopic (exact) mass is 299 g/mol. The molecule has 18 heavy (non-hydrogen) atoms. The molecular weight excluding hydrogens is 286 g/mol. The van der Waals surface area contributed by atoms with Crippen LogP contribution in [0.25, 0.3) is 10.2 Å². The fourth-order valence-corrected chi connectivity index (χ4v) is 6.98. The summed E-state index contributed by atoms with van der Waals surface area (Å²) >= 11 is 3.27. The number of rotatable bonds is 2. The minimum Gasteiger partial charge on any atom is -0.230 e. The van der Waals surface area contributed by atoms with Gasteiger partial charge in [-0.25, -0.2) is 13.4 Å². The number of hydrogen-bond acceptors (Lipinski definition) is 5. The van der Waals surface area contributed by atoms with Gasteiger partial charge in [0.2, 0.25) is 0 Å². The van der Waals surface area contributed by atoms with Crippen LogP contribution in [0.2, 0.25) is 0 Å². The molecule has 1 aromatic heterocycles. The van der Waals surface area contributed by atoms with E-state index in [0.717, 1.165) is 16.3 Å². The summed E-state index contributed by atoms with van der Waals surface area (Å²) in [6.45, 7) is 2.07. The van der Waals surface area contributed by atoms with Gasteiger partial charge in [0, 0.05) is 5.25 Å². The van der Waals surface area contributed by atoms with Gasteiger partial charge in [0.25, 0.3) is 0 Å². The number of hydrogen-bond donors (Lipinski definition) is 0. The number of fused-ring (bicyclic) bond motifs is 1. The first-order valence-corrected chi connectivity index (χ1v) is 9.28. The molecule has 1 aliphatic rings.